The predicted octanol–water partition coefficient (Wildman–Crippen LogP) is 0.268. The maximum atomic E-state index is 12.3. The summed E-state index contributed by atoms with van der Waals surface area (Å²) in [6.07, 6.45) is 0.441. The first-order valence-corrected chi connectivity index (χ1v) is 8.45. The van der Waals surface area contributed by atoms with Gasteiger partial charge in [0.15, 0.2) is 9.84 Å². The van der Waals surface area contributed by atoms with E-state index in [1.807, 2.05) is 0 Å². The summed E-state index contributed by atoms with van der Waals surface area (Å²) in [6.45, 7) is 3.82. The summed E-state index contributed by atoms with van der Waals surface area (Å²) in [7, 11) is -1.48. The number of nitrogens with zero attached hydrogens (tertiary/aromatic N) is 2. The molecule has 1 saturated heterocycles. The molecule has 1 fully saturated rings. The molecule has 0 aromatic carbocycles. The van der Waals surface area contributed by atoms with Gasteiger partial charge in [0.25, 0.3) is 0 Å². The van der Waals surface area contributed by atoms with E-state index in [1.165, 1.54) is 16.7 Å². The van der Waals surface area contributed by atoms with E-state index in [0.717, 1.165) is 0 Å². The minimum atomic E-state index is -3.05. The summed E-state index contributed by atoms with van der Waals surface area (Å²) >= 11 is 0. The SMILES string of the molecule is CCN(CC(C)C(=O)O)C(=O)N(C)C1CCS(=O)(=O)C1. The van der Waals surface area contributed by atoms with Gasteiger partial charge >= 0.3 is 12.0 Å². The third-order valence-electron chi connectivity index (χ3n) is 3.63. The summed E-state index contributed by atoms with van der Waals surface area (Å²) in [5.41, 5.74) is 0. The Labute approximate surface area is 119 Å². The molecule has 2 unspecified atom stereocenters. The lowest BCUT2D eigenvalue weighted by atomic mass is 10.1. The van der Waals surface area contributed by atoms with Crippen molar-refractivity contribution in [1.82, 2.24) is 9.80 Å². The quantitative estimate of drug-likeness (QED) is 0.786. The highest BCUT2D eigenvalue weighted by molar-refractivity contribution is 7.91. The van der Waals surface area contributed by atoms with Gasteiger partial charge in [0.2, 0.25) is 0 Å². The van der Waals surface area contributed by atoms with Gasteiger partial charge in [0.1, 0.15) is 0 Å². The number of carboxylic acids is 1. The number of amides is 2. The number of rotatable bonds is 5. The zero-order chi connectivity index (χ0) is 15.5. The first kappa shape index (κ1) is 16.7. The first-order chi connectivity index (χ1) is 9.18. The molecule has 0 spiro atoms. The molecule has 1 N–H and O–H groups in total. The zero-order valence-electron chi connectivity index (χ0n) is 12.1. The van der Waals surface area contributed by atoms with Crippen LogP contribution in [0.3, 0.4) is 0 Å². The van der Waals surface area contributed by atoms with Crippen molar-refractivity contribution in [2.75, 3.05) is 31.6 Å². The molecule has 2 atom stereocenters. The van der Waals surface area contributed by atoms with Crippen LogP contribution in [0.2, 0.25) is 0 Å². The Bertz CT molecular complexity index is 476. The Kier molecular flexibility index (Phi) is 5.38. The molecule has 1 heterocycles. The average Bonchev–Trinajstić information content (AvgIpc) is 2.74. The highest BCUT2D eigenvalue weighted by atomic mass is 32.2. The number of urea groups is 1. The summed E-state index contributed by atoms with van der Waals surface area (Å²) in [5, 5.41) is 8.90. The second kappa shape index (κ2) is 6.43. The predicted molar refractivity (Wildman–Crippen MR) is 74.3 cm³/mol. The Hall–Kier alpha value is -1.31. The second-order valence-corrected chi connectivity index (χ2v) is 7.46. The number of carbonyl (C=O) groups excluding carboxylic acids is 1. The Morgan fingerprint density at radius 1 is 1.40 bits per heavy atom. The lowest BCUT2D eigenvalue weighted by molar-refractivity contribution is -0.141. The molecule has 1 rings (SSSR count). The van der Waals surface area contributed by atoms with E-state index in [4.69, 9.17) is 5.11 Å². The van der Waals surface area contributed by atoms with Crippen LogP contribution >= 0.6 is 0 Å². The monoisotopic (exact) mass is 306 g/mol. The van der Waals surface area contributed by atoms with Gasteiger partial charge in [-0.15, -0.1) is 0 Å². The van der Waals surface area contributed by atoms with Crippen LogP contribution in [0.1, 0.15) is 20.3 Å². The van der Waals surface area contributed by atoms with Crippen molar-refractivity contribution in [3.63, 3.8) is 0 Å². The second-order valence-electron chi connectivity index (χ2n) is 5.23. The van der Waals surface area contributed by atoms with Crippen molar-refractivity contribution in [3.05, 3.63) is 0 Å². The Morgan fingerprint density at radius 2 is 2.00 bits per heavy atom. The Balaban J connectivity index is 2.69. The smallest absolute Gasteiger partial charge is 0.320 e. The lowest BCUT2D eigenvalue weighted by Crippen LogP contribution is -2.48. The molecule has 7 nitrogen and oxygen atoms in total. The van der Waals surface area contributed by atoms with Gasteiger partial charge in [0, 0.05) is 26.2 Å². The highest BCUT2D eigenvalue weighted by Gasteiger charge is 2.34. The molecule has 0 bridgehead atoms. The van der Waals surface area contributed by atoms with Gasteiger partial charge in [-0.3, -0.25) is 4.79 Å². The van der Waals surface area contributed by atoms with E-state index >= 15 is 0 Å². The topological polar surface area (TPSA) is 95.0 Å². The Morgan fingerprint density at radius 3 is 2.40 bits per heavy atom. The van der Waals surface area contributed by atoms with Crippen LogP contribution in [0, 0.1) is 5.92 Å². The van der Waals surface area contributed by atoms with Crippen LogP contribution in [0.25, 0.3) is 0 Å². The van der Waals surface area contributed by atoms with Crippen LogP contribution in [0.4, 0.5) is 4.79 Å². The summed E-state index contributed by atoms with van der Waals surface area (Å²) in [5.74, 6) is -1.52. The molecule has 0 saturated carbocycles. The highest BCUT2D eigenvalue weighted by Crippen LogP contribution is 2.18. The fourth-order valence-corrected chi connectivity index (χ4v) is 3.99. The largest absolute Gasteiger partial charge is 0.481 e. The van der Waals surface area contributed by atoms with E-state index in [0.29, 0.717) is 13.0 Å². The van der Waals surface area contributed by atoms with Crippen molar-refractivity contribution in [2.24, 2.45) is 5.92 Å². The standard InChI is InChI=1S/C12H22N2O5S/c1-4-14(7-9(2)11(15)16)12(17)13(3)10-5-6-20(18,19)8-10/h9-10H,4-8H2,1-3H3,(H,15,16). The molecule has 0 aliphatic carbocycles. The maximum Gasteiger partial charge on any atom is 0.320 e. The van der Waals surface area contributed by atoms with E-state index in [1.54, 1.807) is 14.0 Å². The van der Waals surface area contributed by atoms with E-state index in [2.05, 4.69) is 0 Å². The van der Waals surface area contributed by atoms with Crippen LogP contribution in [-0.2, 0) is 14.6 Å². The van der Waals surface area contributed by atoms with Crippen molar-refractivity contribution in [1.29, 1.82) is 0 Å². The van der Waals surface area contributed by atoms with Crippen LogP contribution < -0.4 is 0 Å². The number of carbonyl (C=O) groups is 2. The van der Waals surface area contributed by atoms with Gasteiger partial charge in [-0.05, 0) is 13.3 Å². The van der Waals surface area contributed by atoms with Crippen molar-refractivity contribution < 1.29 is 23.1 Å². The molecular formula is C12H22N2O5S. The van der Waals surface area contributed by atoms with Gasteiger partial charge in [-0.25, -0.2) is 13.2 Å². The molecule has 1 aliphatic heterocycles. The van der Waals surface area contributed by atoms with Gasteiger partial charge in [-0.1, -0.05) is 6.92 Å². The van der Waals surface area contributed by atoms with Gasteiger partial charge in [-0.2, -0.15) is 0 Å². The number of hydrogen-bond donors (Lipinski definition) is 1. The molecule has 2 amide bonds. The molecule has 1 aliphatic rings. The summed E-state index contributed by atoms with van der Waals surface area (Å²) in [6, 6.07) is -0.635. The molecule has 0 radical (unpaired) electrons. The van der Waals surface area contributed by atoms with E-state index in [-0.39, 0.29) is 30.1 Å². The molecular weight excluding hydrogens is 284 g/mol. The first-order valence-electron chi connectivity index (χ1n) is 6.63. The normalized spacial score (nSPS) is 22.2. The summed E-state index contributed by atoms with van der Waals surface area (Å²) < 4.78 is 22.9. The zero-order valence-corrected chi connectivity index (χ0v) is 12.9. The molecule has 20 heavy (non-hydrogen) atoms. The van der Waals surface area contributed by atoms with Gasteiger partial charge in [0.05, 0.1) is 17.4 Å². The third kappa shape index (κ3) is 4.09. The lowest BCUT2D eigenvalue weighted by Gasteiger charge is -2.31. The fraction of sp³-hybridized carbons (Fsp3) is 0.833. The molecule has 0 aromatic heterocycles. The minimum Gasteiger partial charge on any atom is -0.481 e. The molecule has 8 heteroatoms. The number of hydrogen-bond acceptors (Lipinski definition) is 4. The van der Waals surface area contributed by atoms with Crippen LogP contribution in [0.5, 0.6) is 0 Å². The minimum absolute atomic E-state index is 0.0126. The van der Waals surface area contributed by atoms with E-state index < -0.39 is 21.7 Å². The summed E-state index contributed by atoms with van der Waals surface area (Å²) in [4.78, 5) is 26.0. The third-order valence-corrected chi connectivity index (χ3v) is 5.38. The average molecular weight is 306 g/mol. The van der Waals surface area contributed by atoms with Crippen molar-refractivity contribution in [2.45, 2.75) is 26.3 Å². The number of aliphatic carboxylic acids is 1. The van der Waals surface area contributed by atoms with Gasteiger partial charge < -0.3 is 14.9 Å². The number of carboxylic acid groups (broad SMARTS) is 1. The fourth-order valence-electron chi connectivity index (χ4n) is 2.21. The maximum absolute atomic E-state index is 12.3. The molecule has 0 aromatic rings. The van der Waals surface area contributed by atoms with E-state index in [9.17, 15) is 18.0 Å². The van der Waals surface area contributed by atoms with Crippen LogP contribution in [0.15, 0.2) is 0 Å². The van der Waals surface area contributed by atoms with Crippen LogP contribution in [-0.4, -0.2) is 73.0 Å². The molecule has 116 valence electrons. The van der Waals surface area contributed by atoms with Crippen molar-refractivity contribution >= 4 is 21.8 Å². The number of sulfone groups is 1. The van der Waals surface area contributed by atoms with Crippen molar-refractivity contribution in [3.8, 4) is 0 Å².